The third kappa shape index (κ3) is 4.47. The lowest BCUT2D eigenvalue weighted by molar-refractivity contribution is 0.317. The van der Waals surface area contributed by atoms with Gasteiger partial charge in [0, 0.05) is 0 Å². The smallest absolute Gasteiger partial charge is 0.183 e. The number of hydrogen-bond donors (Lipinski definition) is 1. The number of thioether (sulfide) groups is 1. The van der Waals surface area contributed by atoms with Gasteiger partial charge in [0.05, 0.1) is 17.3 Å². The van der Waals surface area contributed by atoms with E-state index in [-0.39, 0.29) is 0 Å². The highest BCUT2D eigenvalue weighted by Gasteiger charge is 2.03. The van der Waals surface area contributed by atoms with Crippen LogP contribution in [0.3, 0.4) is 0 Å². The molecule has 1 aromatic rings. The topological polar surface area (TPSA) is 57.4 Å². The minimum absolute atomic E-state index is 0.516. The maximum absolute atomic E-state index is 8.54. The van der Waals surface area contributed by atoms with Gasteiger partial charge in [-0.15, -0.1) is 0 Å². The molecule has 6 heteroatoms. The molecule has 4 nitrogen and oxygen atoms in total. The highest BCUT2D eigenvalue weighted by Crippen LogP contribution is 2.29. The molecule has 0 aliphatic carbocycles. The van der Waals surface area contributed by atoms with Gasteiger partial charge < -0.3 is 4.74 Å². The van der Waals surface area contributed by atoms with Crippen molar-refractivity contribution in [3.05, 3.63) is 23.2 Å². The van der Waals surface area contributed by atoms with Gasteiger partial charge in [-0.05, 0) is 30.9 Å². The highest BCUT2D eigenvalue weighted by molar-refractivity contribution is 8.13. The Hall–Kier alpha value is -1.38. The molecule has 1 aromatic carbocycles. The van der Waals surface area contributed by atoms with Crippen molar-refractivity contribution < 1.29 is 4.74 Å². The predicted octanol–water partition coefficient (Wildman–Crippen LogP) is 3.55. The van der Waals surface area contributed by atoms with Crippen LogP contribution in [0.2, 0.25) is 5.02 Å². The molecule has 0 aromatic heterocycles. The molecule has 0 radical (unpaired) electrons. The van der Waals surface area contributed by atoms with Crippen molar-refractivity contribution in [2.75, 3.05) is 12.9 Å². The number of ether oxygens (including phenoxy) is 1. The molecule has 0 saturated carbocycles. The van der Waals surface area contributed by atoms with Gasteiger partial charge in [-0.1, -0.05) is 30.3 Å². The van der Waals surface area contributed by atoms with E-state index in [1.165, 1.54) is 11.8 Å². The normalized spacial score (nSPS) is 10.9. The van der Waals surface area contributed by atoms with Gasteiger partial charge in [0.15, 0.2) is 11.4 Å². The van der Waals surface area contributed by atoms with E-state index in [1.807, 2.05) is 19.4 Å². The molecule has 0 unspecified atom stereocenters. The van der Waals surface area contributed by atoms with Crippen LogP contribution in [0.5, 0.6) is 5.75 Å². The Balaban J connectivity index is 2.87. The maximum atomic E-state index is 8.54. The first-order valence-electron chi connectivity index (χ1n) is 5.41. The first-order valence-corrected chi connectivity index (χ1v) is 7.01. The monoisotopic (exact) mass is 283 g/mol. The molecule has 0 fully saturated rings. The van der Waals surface area contributed by atoms with Crippen LogP contribution in [-0.2, 0) is 0 Å². The second-order valence-electron chi connectivity index (χ2n) is 3.32. The van der Waals surface area contributed by atoms with Gasteiger partial charge in [-0.25, -0.2) is 4.99 Å². The van der Waals surface area contributed by atoms with Gasteiger partial charge in [0.25, 0.3) is 0 Å². The van der Waals surface area contributed by atoms with Crippen LogP contribution in [0.4, 0.5) is 5.69 Å². The number of nitrogens with one attached hydrogen (secondary N) is 1. The zero-order chi connectivity index (χ0) is 13.4. The van der Waals surface area contributed by atoms with Crippen molar-refractivity contribution in [2.24, 2.45) is 4.99 Å². The minimum Gasteiger partial charge on any atom is -0.492 e. The lowest BCUT2D eigenvalue weighted by Crippen LogP contribution is -2.12. The highest BCUT2D eigenvalue weighted by atomic mass is 35.5. The summed E-state index contributed by atoms with van der Waals surface area (Å²) in [6.45, 7) is 2.67. The second kappa shape index (κ2) is 7.85. The standard InChI is InChI=1S/C12H14ClN3OS/c1-3-6-17-11-5-4-9(7-10(11)13)16-12(18-2)15-8-14/h4-5,7H,3,6H2,1-2H3,(H,15,16). The number of nitrogens with zero attached hydrogens (tertiary/aromatic N) is 2. The summed E-state index contributed by atoms with van der Waals surface area (Å²) in [6.07, 6.45) is 4.60. The van der Waals surface area contributed by atoms with Crippen LogP contribution in [0.15, 0.2) is 23.2 Å². The Bertz CT molecular complexity index is 471. The third-order valence-corrected chi connectivity index (χ3v) is 2.84. The van der Waals surface area contributed by atoms with Gasteiger partial charge in [0.2, 0.25) is 0 Å². The Morgan fingerprint density at radius 1 is 1.61 bits per heavy atom. The van der Waals surface area contributed by atoms with Crippen molar-refractivity contribution in [1.29, 1.82) is 5.26 Å². The van der Waals surface area contributed by atoms with Gasteiger partial charge in [-0.2, -0.15) is 5.26 Å². The zero-order valence-corrected chi connectivity index (χ0v) is 11.8. The molecule has 0 bridgehead atoms. The summed E-state index contributed by atoms with van der Waals surface area (Å²) < 4.78 is 5.47. The molecular formula is C12H14ClN3OS. The summed E-state index contributed by atoms with van der Waals surface area (Å²) in [5.41, 5.74) is 0.677. The first kappa shape index (κ1) is 14.7. The van der Waals surface area contributed by atoms with Crippen LogP contribution in [-0.4, -0.2) is 18.0 Å². The molecule has 0 heterocycles. The molecule has 0 aliphatic rings. The SMILES string of the molecule is CCCOc1ccc(N=C(NC#N)SC)cc1Cl. The minimum atomic E-state index is 0.516. The van der Waals surface area contributed by atoms with Crippen molar-refractivity contribution >= 4 is 34.2 Å². The van der Waals surface area contributed by atoms with Gasteiger partial charge in [0.1, 0.15) is 5.75 Å². The van der Waals surface area contributed by atoms with E-state index in [1.54, 1.807) is 18.2 Å². The summed E-state index contributed by atoms with van der Waals surface area (Å²) in [4.78, 5) is 4.26. The average Bonchev–Trinajstić information content (AvgIpc) is 2.37. The fourth-order valence-electron chi connectivity index (χ4n) is 1.18. The average molecular weight is 284 g/mol. The van der Waals surface area contributed by atoms with E-state index in [0.717, 1.165) is 6.42 Å². The van der Waals surface area contributed by atoms with Crippen molar-refractivity contribution in [1.82, 2.24) is 5.32 Å². The van der Waals surface area contributed by atoms with Crippen molar-refractivity contribution in [3.8, 4) is 11.9 Å². The van der Waals surface area contributed by atoms with Crippen molar-refractivity contribution in [2.45, 2.75) is 13.3 Å². The van der Waals surface area contributed by atoms with Crippen LogP contribution in [0.1, 0.15) is 13.3 Å². The second-order valence-corrected chi connectivity index (χ2v) is 4.52. The molecule has 1 N–H and O–H groups in total. The van der Waals surface area contributed by atoms with Gasteiger partial charge in [-0.3, -0.25) is 5.32 Å². The summed E-state index contributed by atoms with van der Waals surface area (Å²) >= 11 is 7.44. The van der Waals surface area contributed by atoms with E-state index < -0.39 is 0 Å². The number of rotatable bonds is 4. The first-order chi connectivity index (χ1) is 8.71. The van der Waals surface area contributed by atoms with E-state index in [0.29, 0.717) is 28.2 Å². The fourth-order valence-corrected chi connectivity index (χ4v) is 1.75. The number of nitriles is 1. The molecular weight excluding hydrogens is 270 g/mol. The number of amidine groups is 1. The molecule has 96 valence electrons. The molecule has 0 atom stereocenters. The molecule has 18 heavy (non-hydrogen) atoms. The number of aliphatic imine (C=N–C) groups is 1. The Morgan fingerprint density at radius 2 is 2.39 bits per heavy atom. The number of benzene rings is 1. The van der Waals surface area contributed by atoms with Crippen LogP contribution in [0.25, 0.3) is 0 Å². The number of halogens is 1. The lowest BCUT2D eigenvalue weighted by atomic mass is 10.3. The molecule has 0 saturated heterocycles. The predicted molar refractivity (Wildman–Crippen MR) is 76.6 cm³/mol. The Kier molecular flexibility index (Phi) is 6.40. The fraction of sp³-hybridized carbons (Fsp3) is 0.333. The van der Waals surface area contributed by atoms with E-state index >= 15 is 0 Å². The summed E-state index contributed by atoms with van der Waals surface area (Å²) in [5, 5.41) is 12.1. The van der Waals surface area contributed by atoms with Crippen LogP contribution >= 0.6 is 23.4 Å². The van der Waals surface area contributed by atoms with E-state index in [4.69, 9.17) is 21.6 Å². The Labute approximate surface area is 116 Å². The molecule has 1 rings (SSSR count). The van der Waals surface area contributed by atoms with Gasteiger partial charge >= 0.3 is 0 Å². The summed E-state index contributed by atoms with van der Waals surface area (Å²) in [7, 11) is 0. The zero-order valence-electron chi connectivity index (χ0n) is 10.2. The summed E-state index contributed by atoms with van der Waals surface area (Å²) in [5.74, 6) is 0.649. The van der Waals surface area contributed by atoms with Crippen molar-refractivity contribution in [3.63, 3.8) is 0 Å². The third-order valence-electron chi connectivity index (χ3n) is 1.96. The maximum Gasteiger partial charge on any atom is 0.183 e. The van der Waals surface area contributed by atoms with Crippen LogP contribution in [0, 0.1) is 11.5 Å². The number of hydrogen-bond acceptors (Lipinski definition) is 4. The molecule has 0 spiro atoms. The molecule has 0 aliphatic heterocycles. The van der Waals surface area contributed by atoms with Crippen LogP contribution < -0.4 is 10.1 Å². The van der Waals surface area contributed by atoms with E-state index in [9.17, 15) is 0 Å². The lowest BCUT2D eigenvalue weighted by Gasteiger charge is -2.07. The quantitative estimate of drug-likeness (QED) is 0.397. The summed E-state index contributed by atoms with van der Waals surface area (Å²) in [6, 6.07) is 5.29. The largest absolute Gasteiger partial charge is 0.492 e. The van der Waals surface area contributed by atoms with E-state index in [2.05, 4.69) is 10.3 Å². The molecule has 0 amide bonds. The Morgan fingerprint density at radius 3 is 2.94 bits per heavy atom.